The molecule has 2 unspecified atom stereocenters. The highest BCUT2D eigenvalue weighted by molar-refractivity contribution is 5.71. The second-order valence-electron chi connectivity index (χ2n) is 4.86. The van der Waals surface area contributed by atoms with Crippen LogP contribution in [-0.4, -0.2) is 17.2 Å². The van der Waals surface area contributed by atoms with Gasteiger partial charge in [-0.05, 0) is 56.4 Å². The molecule has 1 aliphatic rings. The molecular formula is C14H18O3. The Balaban J connectivity index is 2.12. The van der Waals surface area contributed by atoms with Crippen LogP contribution < -0.4 is 4.74 Å². The molecule has 1 aromatic rings. The van der Waals surface area contributed by atoms with Gasteiger partial charge in [0.1, 0.15) is 11.9 Å². The Labute approximate surface area is 101 Å². The van der Waals surface area contributed by atoms with Crippen LogP contribution in [0.1, 0.15) is 30.4 Å². The molecule has 17 heavy (non-hydrogen) atoms. The summed E-state index contributed by atoms with van der Waals surface area (Å²) in [6.07, 6.45) is 2.33. The van der Waals surface area contributed by atoms with E-state index in [1.807, 2.05) is 26.0 Å². The van der Waals surface area contributed by atoms with Crippen molar-refractivity contribution in [1.82, 2.24) is 0 Å². The highest BCUT2D eigenvalue weighted by Gasteiger charge is 2.34. The van der Waals surface area contributed by atoms with Crippen molar-refractivity contribution in [2.75, 3.05) is 0 Å². The summed E-state index contributed by atoms with van der Waals surface area (Å²) in [5.41, 5.74) is 2.29. The first-order valence-corrected chi connectivity index (χ1v) is 6.04. The third kappa shape index (κ3) is 2.78. The fourth-order valence-electron chi connectivity index (χ4n) is 2.53. The Morgan fingerprint density at radius 3 is 2.47 bits per heavy atom. The summed E-state index contributed by atoms with van der Waals surface area (Å²) in [6, 6.07) is 6.00. The predicted molar refractivity (Wildman–Crippen MR) is 65.3 cm³/mol. The Bertz CT molecular complexity index is 405. The Hall–Kier alpha value is -1.51. The fourth-order valence-corrected chi connectivity index (χ4v) is 2.53. The first kappa shape index (κ1) is 12.0. The van der Waals surface area contributed by atoms with E-state index >= 15 is 0 Å². The van der Waals surface area contributed by atoms with Gasteiger partial charge in [-0.25, -0.2) is 0 Å². The molecule has 1 saturated carbocycles. The van der Waals surface area contributed by atoms with Crippen molar-refractivity contribution in [3.63, 3.8) is 0 Å². The van der Waals surface area contributed by atoms with Crippen LogP contribution in [0.4, 0.5) is 0 Å². The molecule has 1 N–H and O–H groups in total. The lowest BCUT2D eigenvalue weighted by Crippen LogP contribution is -2.27. The van der Waals surface area contributed by atoms with E-state index in [0.717, 1.165) is 36.1 Å². The molecule has 0 amide bonds. The van der Waals surface area contributed by atoms with Crippen molar-refractivity contribution < 1.29 is 14.6 Å². The second kappa shape index (κ2) is 4.78. The van der Waals surface area contributed by atoms with Gasteiger partial charge in [0.2, 0.25) is 0 Å². The number of hydrogen-bond acceptors (Lipinski definition) is 2. The Morgan fingerprint density at radius 1 is 1.24 bits per heavy atom. The van der Waals surface area contributed by atoms with Crippen LogP contribution in [0.5, 0.6) is 5.75 Å². The lowest BCUT2D eigenvalue weighted by Gasteiger charge is -2.18. The van der Waals surface area contributed by atoms with Gasteiger partial charge in [0.15, 0.2) is 0 Å². The molecule has 3 nitrogen and oxygen atoms in total. The molecule has 0 bridgehead atoms. The van der Waals surface area contributed by atoms with E-state index < -0.39 is 5.97 Å². The average molecular weight is 234 g/mol. The maximum Gasteiger partial charge on any atom is 0.310 e. The lowest BCUT2D eigenvalue weighted by molar-refractivity contribution is -0.143. The van der Waals surface area contributed by atoms with Crippen molar-refractivity contribution >= 4 is 5.97 Å². The molecule has 92 valence electrons. The van der Waals surface area contributed by atoms with Crippen LogP contribution in [0, 0.1) is 19.8 Å². The third-order valence-electron chi connectivity index (χ3n) is 3.25. The summed E-state index contributed by atoms with van der Waals surface area (Å²) in [4.78, 5) is 11.1. The van der Waals surface area contributed by atoms with E-state index in [4.69, 9.17) is 9.84 Å². The zero-order valence-electron chi connectivity index (χ0n) is 10.3. The number of hydrogen-bond donors (Lipinski definition) is 1. The molecule has 1 aliphatic carbocycles. The monoisotopic (exact) mass is 234 g/mol. The number of rotatable bonds is 3. The number of carboxylic acids is 1. The molecule has 0 aromatic heterocycles. The van der Waals surface area contributed by atoms with Gasteiger partial charge < -0.3 is 9.84 Å². The Morgan fingerprint density at radius 2 is 1.88 bits per heavy atom. The highest BCUT2D eigenvalue weighted by atomic mass is 16.5. The van der Waals surface area contributed by atoms with Crippen LogP contribution in [0.2, 0.25) is 0 Å². The van der Waals surface area contributed by atoms with E-state index in [9.17, 15) is 4.79 Å². The number of ether oxygens (including phenoxy) is 1. The quantitative estimate of drug-likeness (QED) is 0.874. The van der Waals surface area contributed by atoms with Gasteiger partial charge in [-0.3, -0.25) is 4.79 Å². The van der Waals surface area contributed by atoms with Crippen molar-refractivity contribution in [3.05, 3.63) is 29.3 Å². The van der Waals surface area contributed by atoms with Crippen molar-refractivity contribution in [3.8, 4) is 5.75 Å². The van der Waals surface area contributed by atoms with Gasteiger partial charge in [-0.1, -0.05) is 6.07 Å². The van der Waals surface area contributed by atoms with Crippen LogP contribution >= 0.6 is 0 Å². The van der Waals surface area contributed by atoms with Gasteiger partial charge in [0.05, 0.1) is 5.92 Å². The summed E-state index contributed by atoms with van der Waals surface area (Å²) in [5.74, 6) is -0.298. The number of benzene rings is 1. The van der Waals surface area contributed by atoms with Crippen molar-refractivity contribution in [1.29, 1.82) is 0 Å². The van der Waals surface area contributed by atoms with Crippen molar-refractivity contribution in [2.24, 2.45) is 5.92 Å². The summed E-state index contributed by atoms with van der Waals surface area (Å²) < 4.78 is 5.83. The van der Waals surface area contributed by atoms with Gasteiger partial charge >= 0.3 is 5.97 Å². The topological polar surface area (TPSA) is 46.5 Å². The summed E-state index contributed by atoms with van der Waals surface area (Å²) >= 11 is 0. The maximum atomic E-state index is 11.1. The standard InChI is InChI=1S/C14H18O3/c1-9-6-10(2)8-11(7-9)17-13-5-3-4-12(13)14(15)16/h6-8,12-13H,3-5H2,1-2H3,(H,15,16). The zero-order chi connectivity index (χ0) is 12.4. The summed E-state index contributed by atoms with van der Waals surface area (Å²) in [7, 11) is 0. The molecular weight excluding hydrogens is 216 g/mol. The highest BCUT2D eigenvalue weighted by Crippen LogP contribution is 2.30. The van der Waals surface area contributed by atoms with E-state index in [0.29, 0.717) is 0 Å². The van der Waals surface area contributed by atoms with E-state index in [-0.39, 0.29) is 12.0 Å². The minimum absolute atomic E-state index is 0.173. The van der Waals surface area contributed by atoms with Crippen LogP contribution in [0.25, 0.3) is 0 Å². The maximum absolute atomic E-state index is 11.1. The van der Waals surface area contributed by atoms with E-state index in [2.05, 4.69) is 6.07 Å². The molecule has 0 aliphatic heterocycles. The number of carboxylic acid groups (broad SMARTS) is 1. The van der Waals surface area contributed by atoms with Crippen LogP contribution in [-0.2, 0) is 4.79 Å². The van der Waals surface area contributed by atoms with E-state index in [1.165, 1.54) is 0 Å². The first-order valence-electron chi connectivity index (χ1n) is 6.04. The van der Waals surface area contributed by atoms with E-state index in [1.54, 1.807) is 0 Å². The second-order valence-corrected chi connectivity index (χ2v) is 4.86. The molecule has 2 atom stereocenters. The van der Waals surface area contributed by atoms with Crippen molar-refractivity contribution in [2.45, 2.75) is 39.2 Å². The minimum Gasteiger partial charge on any atom is -0.490 e. The van der Waals surface area contributed by atoms with Crippen LogP contribution in [0.3, 0.4) is 0 Å². The van der Waals surface area contributed by atoms with Crippen LogP contribution in [0.15, 0.2) is 18.2 Å². The minimum atomic E-state index is -0.739. The molecule has 0 radical (unpaired) electrons. The third-order valence-corrected chi connectivity index (χ3v) is 3.25. The smallest absolute Gasteiger partial charge is 0.310 e. The number of carbonyl (C=O) groups is 1. The molecule has 1 fully saturated rings. The molecule has 3 heteroatoms. The summed E-state index contributed by atoms with van der Waals surface area (Å²) in [5, 5.41) is 9.09. The van der Waals surface area contributed by atoms with Gasteiger partial charge in [-0.15, -0.1) is 0 Å². The van der Waals surface area contributed by atoms with Gasteiger partial charge in [0.25, 0.3) is 0 Å². The molecule has 0 heterocycles. The fraction of sp³-hybridized carbons (Fsp3) is 0.500. The number of aliphatic carboxylic acids is 1. The first-order chi connectivity index (χ1) is 8.06. The van der Waals surface area contributed by atoms with Gasteiger partial charge in [-0.2, -0.15) is 0 Å². The largest absolute Gasteiger partial charge is 0.490 e. The lowest BCUT2D eigenvalue weighted by atomic mass is 10.1. The van der Waals surface area contributed by atoms with Gasteiger partial charge in [0, 0.05) is 0 Å². The zero-order valence-corrected chi connectivity index (χ0v) is 10.3. The average Bonchev–Trinajstić information content (AvgIpc) is 2.63. The molecule has 0 spiro atoms. The normalized spacial score (nSPS) is 23.6. The number of aryl methyl sites for hydroxylation is 2. The molecule has 2 rings (SSSR count). The summed E-state index contributed by atoms with van der Waals surface area (Å²) in [6.45, 7) is 4.03. The molecule has 0 saturated heterocycles. The molecule has 1 aromatic carbocycles. The SMILES string of the molecule is Cc1cc(C)cc(OC2CCCC2C(=O)O)c1. The Kier molecular flexibility index (Phi) is 3.36. The predicted octanol–water partition coefficient (Wildman–Crippen LogP) is 2.94.